The van der Waals surface area contributed by atoms with Gasteiger partial charge in [-0.25, -0.2) is 0 Å². The summed E-state index contributed by atoms with van der Waals surface area (Å²) >= 11 is 0. The summed E-state index contributed by atoms with van der Waals surface area (Å²) < 4.78 is 35.6. The highest BCUT2D eigenvalue weighted by molar-refractivity contribution is 6.51. The van der Waals surface area contributed by atoms with E-state index in [1.165, 1.54) is 0 Å². The Bertz CT molecular complexity index is 626. The first-order chi connectivity index (χ1) is 11.0. The molecule has 0 aromatic heterocycles. The maximum atomic E-state index is 6.16. The lowest BCUT2D eigenvalue weighted by Gasteiger charge is -2.24. The predicted octanol–water partition coefficient (Wildman–Crippen LogP) is 1.98. The molecule has 3 fully saturated rings. The Balaban J connectivity index is 1.39. The standard InChI is InChI=1S/C16H19BO6/c1-15(2)19-12-13(20-15)16(21-14(12)18-3)8-11(16)17-22-9-6-4-5-7-10(9)23-17/h4-7,11-14H,8H2,1-3H3/t11?,12-,13?,14?,16+/m0/s1. The van der Waals surface area contributed by atoms with Gasteiger partial charge in [-0.3, -0.25) is 0 Å². The molecule has 0 radical (unpaired) electrons. The zero-order valence-corrected chi connectivity index (χ0v) is 13.4. The smallest absolute Gasteiger partial charge is 0.523 e. The Morgan fingerprint density at radius 3 is 2.43 bits per heavy atom. The number of hydrogen-bond acceptors (Lipinski definition) is 6. The number of rotatable bonds is 2. The predicted molar refractivity (Wildman–Crippen MR) is 80.3 cm³/mol. The second-order valence-corrected chi connectivity index (χ2v) is 7.06. The molecule has 3 unspecified atom stereocenters. The summed E-state index contributed by atoms with van der Waals surface area (Å²) in [6.07, 6.45) is 0.00857. The van der Waals surface area contributed by atoms with Gasteiger partial charge in [-0.1, -0.05) is 12.1 Å². The largest absolute Gasteiger partial charge is 0.601 e. The molecule has 4 aliphatic rings. The molecule has 1 spiro atoms. The first-order valence-electron chi connectivity index (χ1n) is 8.01. The zero-order chi connectivity index (χ0) is 15.8. The second kappa shape index (κ2) is 4.42. The third-order valence-electron chi connectivity index (χ3n) is 5.12. The minimum absolute atomic E-state index is 0.0973. The van der Waals surface area contributed by atoms with Gasteiger partial charge in [0.05, 0.1) is 5.82 Å². The van der Waals surface area contributed by atoms with E-state index in [4.69, 9.17) is 28.3 Å². The van der Waals surface area contributed by atoms with Gasteiger partial charge in [-0.05, 0) is 32.4 Å². The van der Waals surface area contributed by atoms with Crippen LogP contribution in [0.2, 0.25) is 5.82 Å². The SMILES string of the molecule is COC1O[C@@]2(CC2B2Oc3ccccc3O2)C2OC(C)(C)O[C@H]12. The van der Waals surface area contributed by atoms with E-state index in [1.807, 2.05) is 38.1 Å². The van der Waals surface area contributed by atoms with Crippen molar-refractivity contribution in [1.29, 1.82) is 0 Å². The van der Waals surface area contributed by atoms with E-state index in [1.54, 1.807) is 7.11 Å². The summed E-state index contributed by atoms with van der Waals surface area (Å²) in [6.45, 7) is 3.84. The van der Waals surface area contributed by atoms with E-state index < -0.39 is 17.7 Å². The molecule has 6 nitrogen and oxygen atoms in total. The van der Waals surface area contributed by atoms with Crippen LogP contribution < -0.4 is 9.31 Å². The number of ether oxygens (including phenoxy) is 4. The number of fused-ring (bicyclic) bond motifs is 3. The van der Waals surface area contributed by atoms with Crippen LogP contribution in [0.5, 0.6) is 11.5 Å². The van der Waals surface area contributed by atoms with E-state index in [9.17, 15) is 0 Å². The normalized spacial score (nSPS) is 42.3. The van der Waals surface area contributed by atoms with Crippen LogP contribution in [0, 0.1) is 0 Å². The highest BCUT2D eigenvalue weighted by Gasteiger charge is 2.78. The van der Waals surface area contributed by atoms with Crippen molar-refractivity contribution in [3.8, 4) is 11.5 Å². The van der Waals surface area contributed by atoms with Gasteiger partial charge in [-0.15, -0.1) is 0 Å². The van der Waals surface area contributed by atoms with Gasteiger partial charge in [-0.2, -0.15) is 0 Å². The van der Waals surface area contributed by atoms with Crippen molar-refractivity contribution in [2.75, 3.05) is 7.11 Å². The van der Waals surface area contributed by atoms with E-state index in [-0.39, 0.29) is 25.1 Å². The van der Waals surface area contributed by atoms with Gasteiger partial charge < -0.3 is 28.3 Å². The molecule has 122 valence electrons. The van der Waals surface area contributed by atoms with Crippen molar-refractivity contribution in [3.05, 3.63) is 24.3 Å². The minimum Gasteiger partial charge on any atom is -0.523 e. The molecule has 0 N–H and O–H groups in total. The first-order valence-corrected chi connectivity index (χ1v) is 8.01. The van der Waals surface area contributed by atoms with E-state index in [0.29, 0.717) is 0 Å². The third kappa shape index (κ3) is 1.91. The summed E-state index contributed by atoms with van der Waals surface area (Å²) in [7, 11) is 1.28. The minimum atomic E-state index is -0.629. The summed E-state index contributed by atoms with van der Waals surface area (Å²) in [6, 6.07) is 7.71. The maximum Gasteiger partial charge on any atom is 0.601 e. The Morgan fingerprint density at radius 2 is 1.78 bits per heavy atom. The monoisotopic (exact) mass is 318 g/mol. The molecule has 1 aliphatic carbocycles. The topological polar surface area (TPSA) is 55.4 Å². The van der Waals surface area contributed by atoms with Crippen molar-refractivity contribution in [2.45, 2.75) is 56.0 Å². The Hall–Kier alpha value is -1.28. The average Bonchev–Trinajstić information content (AvgIpc) is 2.80. The van der Waals surface area contributed by atoms with Gasteiger partial charge in [0.1, 0.15) is 29.3 Å². The number of para-hydroxylation sites is 2. The molecule has 3 aliphatic heterocycles. The van der Waals surface area contributed by atoms with Crippen LogP contribution >= 0.6 is 0 Å². The molecule has 5 rings (SSSR count). The van der Waals surface area contributed by atoms with Crippen LogP contribution in [-0.4, -0.2) is 44.1 Å². The molecule has 3 heterocycles. The van der Waals surface area contributed by atoms with E-state index in [0.717, 1.165) is 17.9 Å². The summed E-state index contributed by atoms with van der Waals surface area (Å²) in [5.41, 5.74) is -0.453. The Morgan fingerprint density at radius 1 is 1.09 bits per heavy atom. The third-order valence-corrected chi connectivity index (χ3v) is 5.12. The van der Waals surface area contributed by atoms with E-state index >= 15 is 0 Å². The fourth-order valence-electron chi connectivity index (χ4n) is 4.06. The van der Waals surface area contributed by atoms with Crippen molar-refractivity contribution in [2.24, 2.45) is 0 Å². The van der Waals surface area contributed by atoms with E-state index in [2.05, 4.69) is 0 Å². The zero-order valence-electron chi connectivity index (χ0n) is 13.4. The van der Waals surface area contributed by atoms with Crippen molar-refractivity contribution in [1.82, 2.24) is 0 Å². The van der Waals surface area contributed by atoms with Crippen LogP contribution in [0.4, 0.5) is 0 Å². The molecule has 23 heavy (non-hydrogen) atoms. The van der Waals surface area contributed by atoms with Crippen LogP contribution in [0.3, 0.4) is 0 Å². The van der Waals surface area contributed by atoms with Gasteiger partial charge in [0, 0.05) is 7.11 Å². The van der Waals surface area contributed by atoms with Gasteiger partial charge in [0.2, 0.25) is 0 Å². The fourth-order valence-corrected chi connectivity index (χ4v) is 4.06. The van der Waals surface area contributed by atoms with Gasteiger partial charge >= 0.3 is 7.12 Å². The lowest BCUT2D eigenvalue weighted by Crippen LogP contribution is -2.37. The van der Waals surface area contributed by atoms with Gasteiger partial charge in [0.15, 0.2) is 12.1 Å². The second-order valence-electron chi connectivity index (χ2n) is 7.06. The molecule has 1 aromatic rings. The molecule has 2 saturated heterocycles. The molecule has 1 saturated carbocycles. The van der Waals surface area contributed by atoms with Crippen molar-refractivity contribution >= 4 is 7.12 Å². The molecule has 1 aromatic carbocycles. The summed E-state index contributed by atoms with van der Waals surface area (Å²) in [5, 5.41) is 0. The summed E-state index contributed by atoms with van der Waals surface area (Å²) in [4.78, 5) is 0. The number of methoxy groups -OCH3 is 1. The molecule has 0 bridgehead atoms. The molecular formula is C16H19BO6. The van der Waals surface area contributed by atoms with Crippen LogP contribution in [0.25, 0.3) is 0 Å². The fraction of sp³-hybridized carbons (Fsp3) is 0.625. The first kappa shape index (κ1) is 14.1. The van der Waals surface area contributed by atoms with Gasteiger partial charge in [0.25, 0.3) is 0 Å². The van der Waals surface area contributed by atoms with Crippen molar-refractivity contribution < 1.29 is 28.3 Å². The summed E-state index contributed by atoms with van der Waals surface area (Å²) in [5.74, 6) is 1.03. The molecule has 0 amide bonds. The average molecular weight is 318 g/mol. The van der Waals surface area contributed by atoms with Crippen LogP contribution in [-0.2, 0) is 18.9 Å². The number of benzene rings is 1. The molecule has 5 atom stereocenters. The van der Waals surface area contributed by atoms with Crippen LogP contribution in [0.15, 0.2) is 24.3 Å². The highest BCUT2D eigenvalue weighted by atomic mass is 16.8. The molecular weight excluding hydrogens is 299 g/mol. The maximum absolute atomic E-state index is 6.16. The quantitative estimate of drug-likeness (QED) is 0.777. The Labute approximate surface area is 135 Å². The Kier molecular flexibility index (Phi) is 2.71. The molecule has 7 heteroatoms. The highest BCUT2D eigenvalue weighted by Crippen LogP contribution is 2.65. The van der Waals surface area contributed by atoms with Crippen LogP contribution in [0.1, 0.15) is 20.3 Å². The lowest BCUT2D eigenvalue weighted by molar-refractivity contribution is -0.232. The number of hydrogen-bond donors (Lipinski definition) is 0. The lowest BCUT2D eigenvalue weighted by atomic mass is 9.79. The van der Waals surface area contributed by atoms with Crippen molar-refractivity contribution in [3.63, 3.8) is 0 Å².